The summed E-state index contributed by atoms with van der Waals surface area (Å²) in [6, 6.07) is 12.2. The fourth-order valence-corrected chi connectivity index (χ4v) is 4.73. The molecule has 5 nitrogen and oxygen atoms in total. The summed E-state index contributed by atoms with van der Waals surface area (Å²) in [5.74, 6) is 0.755. The van der Waals surface area contributed by atoms with Gasteiger partial charge in [-0.25, -0.2) is 0 Å². The lowest BCUT2D eigenvalue weighted by Gasteiger charge is -2.22. The third-order valence-electron chi connectivity index (χ3n) is 6.29. The van der Waals surface area contributed by atoms with E-state index in [9.17, 15) is 5.26 Å². The first-order valence-corrected chi connectivity index (χ1v) is 10.7. The number of rotatable bonds is 4. The maximum Gasteiger partial charge on any atom is 0.0991 e. The second-order valence-electron chi connectivity index (χ2n) is 8.34. The Morgan fingerprint density at radius 1 is 1.03 bits per heavy atom. The molecule has 5 rings (SSSR count). The van der Waals surface area contributed by atoms with Crippen LogP contribution in [0.3, 0.4) is 0 Å². The van der Waals surface area contributed by atoms with Crippen LogP contribution in [0.2, 0.25) is 0 Å². The maximum atomic E-state index is 9.19. The highest BCUT2D eigenvalue weighted by Gasteiger charge is 2.19. The third-order valence-corrected chi connectivity index (χ3v) is 6.29. The fraction of sp³-hybridized carbons (Fsp3) is 0.320. The van der Waals surface area contributed by atoms with E-state index < -0.39 is 0 Å². The van der Waals surface area contributed by atoms with Crippen molar-refractivity contribution in [2.24, 2.45) is 13.0 Å². The van der Waals surface area contributed by atoms with Crippen LogP contribution in [0.5, 0.6) is 0 Å². The second kappa shape index (κ2) is 7.79. The summed E-state index contributed by atoms with van der Waals surface area (Å²) < 4.78 is 4.18. The zero-order valence-corrected chi connectivity index (χ0v) is 17.3. The molecule has 0 atom stereocenters. The van der Waals surface area contributed by atoms with E-state index in [0.717, 1.165) is 34.8 Å². The third kappa shape index (κ3) is 3.39. The van der Waals surface area contributed by atoms with Crippen LogP contribution in [0.25, 0.3) is 33.3 Å². The molecule has 1 aliphatic rings. The van der Waals surface area contributed by atoms with Crippen LogP contribution in [0.15, 0.2) is 55.1 Å². The van der Waals surface area contributed by atoms with Crippen molar-refractivity contribution in [3.05, 3.63) is 60.7 Å². The lowest BCUT2D eigenvalue weighted by atomic mass is 9.89. The van der Waals surface area contributed by atoms with E-state index >= 15 is 0 Å². The van der Waals surface area contributed by atoms with Gasteiger partial charge >= 0.3 is 0 Å². The van der Waals surface area contributed by atoms with Gasteiger partial charge < -0.3 is 4.57 Å². The molecule has 0 aliphatic heterocycles. The van der Waals surface area contributed by atoms with Crippen LogP contribution in [0.4, 0.5) is 0 Å². The Kier molecular flexibility index (Phi) is 4.84. The largest absolute Gasteiger partial charge is 0.346 e. The Morgan fingerprint density at radius 3 is 2.53 bits per heavy atom. The van der Waals surface area contributed by atoms with Crippen molar-refractivity contribution in [1.82, 2.24) is 19.3 Å². The summed E-state index contributed by atoms with van der Waals surface area (Å²) in [5, 5.41) is 14.7. The Morgan fingerprint density at radius 2 is 1.83 bits per heavy atom. The number of aryl methyl sites for hydroxylation is 1. The first kappa shape index (κ1) is 18.6. The molecule has 0 amide bonds. The number of nitrogens with zero attached hydrogens (tertiary/aromatic N) is 5. The van der Waals surface area contributed by atoms with Crippen molar-refractivity contribution in [3.8, 4) is 28.5 Å². The van der Waals surface area contributed by atoms with E-state index in [4.69, 9.17) is 4.98 Å². The van der Waals surface area contributed by atoms with Gasteiger partial charge in [-0.15, -0.1) is 0 Å². The van der Waals surface area contributed by atoms with E-state index in [-0.39, 0.29) is 0 Å². The standard InChI is InChI=1S/C25H25N5/c1-29-17-21(14-28-29)25-24(20-9-7-18(13-26)8-10-20)22-11-12-30(23(22)15-27-25)16-19-5-3-2-4-6-19/h7-12,14-15,17,19H,2-6,16H2,1H3. The zero-order valence-electron chi connectivity index (χ0n) is 17.3. The van der Waals surface area contributed by atoms with Gasteiger partial charge in [-0.2, -0.15) is 10.4 Å². The minimum atomic E-state index is 0.664. The summed E-state index contributed by atoms with van der Waals surface area (Å²) in [7, 11) is 1.92. The molecule has 150 valence electrons. The minimum Gasteiger partial charge on any atom is -0.346 e. The number of nitriles is 1. The van der Waals surface area contributed by atoms with Crippen molar-refractivity contribution in [2.75, 3.05) is 0 Å². The summed E-state index contributed by atoms with van der Waals surface area (Å²) in [4.78, 5) is 4.90. The molecule has 4 aromatic rings. The molecular formula is C25H25N5. The van der Waals surface area contributed by atoms with E-state index in [2.05, 4.69) is 28.0 Å². The molecule has 3 aromatic heterocycles. The Balaban J connectivity index is 1.65. The van der Waals surface area contributed by atoms with Gasteiger partial charge in [0.2, 0.25) is 0 Å². The minimum absolute atomic E-state index is 0.664. The second-order valence-corrected chi connectivity index (χ2v) is 8.34. The maximum absolute atomic E-state index is 9.19. The van der Waals surface area contributed by atoms with E-state index in [1.165, 1.54) is 43.0 Å². The van der Waals surface area contributed by atoms with E-state index in [0.29, 0.717) is 5.56 Å². The van der Waals surface area contributed by atoms with Crippen LogP contribution in [-0.4, -0.2) is 19.3 Å². The highest BCUT2D eigenvalue weighted by molar-refractivity contribution is 6.01. The van der Waals surface area contributed by atoms with Crippen molar-refractivity contribution < 1.29 is 0 Å². The van der Waals surface area contributed by atoms with Gasteiger partial charge in [0.1, 0.15) is 0 Å². The molecule has 1 aliphatic carbocycles. The molecule has 1 aromatic carbocycles. The number of aromatic nitrogens is 4. The number of hydrogen-bond acceptors (Lipinski definition) is 3. The quantitative estimate of drug-likeness (QED) is 0.455. The topological polar surface area (TPSA) is 59.4 Å². The molecule has 0 bridgehead atoms. The zero-order chi connectivity index (χ0) is 20.5. The molecule has 0 saturated heterocycles. The Labute approximate surface area is 176 Å². The number of pyridine rings is 1. The molecule has 3 heterocycles. The predicted molar refractivity (Wildman–Crippen MR) is 119 cm³/mol. The normalized spacial score (nSPS) is 14.8. The number of benzene rings is 1. The van der Waals surface area contributed by atoms with Gasteiger partial charge in [-0.3, -0.25) is 9.67 Å². The van der Waals surface area contributed by atoms with Gasteiger partial charge in [0.05, 0.1) is 35.2 Å². The molecule has 5 heteroatoms. The van der Waals surface area contributed by atoms with Crippen LogP contribution >= 0.6 is 0 Å². The molecule has 1 fully saturated rings. The van der Waals surface area contributed by atoms with Gasteiger partial charge in [-0.1, -0.05) is 31.4 Å². The molecule has 0 N–H and O–H groups in total. The summed E-state index contributed by atoms with van der Waals surface area (Å²) >= 11 is 0. The summed E-state index contributed by atoms with van der Waals surface area (Å²) in [6.45, 7) is 1.06. The SMILES string of the molecule is Cn1cc(-c2ncc3c(ccn3CC3CCCCC3)c2-c2ccc(C#N)cc2)cn1. The van der Waals surface area contributed by atoms with Gasteiger partial charge in [-0.05, 0) is 42.5 Å². The Hall–Kier alpha value is -3.39. The van der Waals surface area contributed by atoms with Crippen molar-refractivity contribution in [2.45, 2.75) is 38.6 Å². The van der Waals surface area contributed by atoms with Gasteiger partial charge in [0.25, 0.3) is 0 Å². The molecule has 30 heavy (non-hydrogen) atoms. The van der Waals surface area contributed by atoms with Gasteiger partial charge in [0.15, 0.2) is 0 Å². The van der Waals surface area contributed by atoms with Crippen LogP contribution in [-0.2, 0) is 13.6 Å². The van der Waals surface area contributed by atoms with Crippen LogP contribution < -0.4 is 0 Å². The van der Waals surface area contributed by atoms with Crippen molar-refractivity contribution >= 4 is 10.9 Å². The smallest absolute Gasteiger partial charge is 0.0991 e. The average Bonchev–Trinajstić information content (AvgIpc) is 3.40. The van der Waals surface area contributed by atoms with Crippen LogP contribution in [0, 0.1) is 17.2 Å². The molecular weight excluding hydrogens is 370 g/mol. The lowest BCUT2D eigenvalue weighted by molar-refractivity contribution is 0.322. The van der Waals surface area contributed by atoms with Crippen molar-refractivity contribution in [3.63, 3.8) is 0 Å². The lowest BCUT2D eigenvalue weighted by Crippen LogP contribution is -2.13. The highest BCUT2D eigenvalue weighted by Crippen LogP contribution is 2.37. The fourth-order valence-electron chi connectivity index (χ4n) is 4.73. The molecule has 0 unspecified atom stereocenters. The van der Waals surface area contributed by atoms with E-state index in [1.807, 2.05) is 49.9 Å². The average molecular weight is 396 g/mol. The van der Waals surface area contributed by atoms with Crippen molar-refractivity contribution in [1.29, 1.82) is 5.26 Å². The summed E-state index contributed by atoms with van der Waals surface area (Å²) in [6.07, 6.45) is 14.8. The Bertz CT molecular complexity index is 1220. The number of hydrogen-bond donors (Lipinski definition) is 0. The first-order valence-electron chi connectivity index (χ1n) is 10.7. The number of fused-ring (bicyclic) bond motifs is 1. The molecule has 0 spiro atoms. The molecule has 1 saturated carbocycles. The predicted octanol–water partition coefficient (Wildman–Crippen LogP) is 5.56. The highest BCUT2D eigenvalue weighted by atomic mass is 15.2. The summed E-state index contributed by atoms with van der Waals surface area (Å²) in [5.41, 5.74) is 5.94. The first-order chi connectivity index (χ1) is 14.7. The van der Waals surface area contributed by atoms with Gasteiger partial charge in [0, 0.05) is 42.5 Å². The van der Waals surface area contributed by atoms with E-state index in [1.54, 1.807) is 4.68 Å². The van der Waals surface area contributed by atoms with Crippen LogP contribution in [0.1, 0.15) is 37.7 Å². The monoisotopic (exact) mass is 395 g/mol. The molecule has 0 radical (unpaired) electrons.